The molecule has 0 saturated heterocycles. The summed E-state index contributed by atoms with van der Waals surface area (Å²) in [6.07, 6.45) is -2.91. The van der Waals surface area contributed by atoms with Gasteiger partial charge in [-0.05, 0) is 55.3 Å². The lowest BCUT2D eigenvalue weighted by atomic mass is 10.1. The SMILES string of the molecule is Cc1cc(-c2ncc3nc(C(F)(F)F)cc(C)c3n2)ccc1NC(=O)c1cc(CCO)[nH]n1. The fourth-order valence-corrected chi connectivity index (χ4v) is 3.32. The van der Waals surface area contributed by atoms with Crippen molar-refractivity contribution in [1.82, 2.24) is 25.1 Å². The normalized spacial score (nSPS) is 11.7. The minimum atomic E-state index is -4.55. The highest BCUT2D eigenvalue weighted by Crippen LogP contribution is 2.31. The Hall–Kier alpha value is -3.86. The molecule has 0 bridgehead atoms. The van der Waals surface area contributed by atoms with Gasteiger partial charge in [-0.3, -0.25) is 9.89 Å². The van der Waals surface area contributed by atoms with Gasteiger partial charge < -0.3 is 10.4 Å². The topological polar surface area (TPSA) is 117 Å². The van der Waals surface area contributed by atoms with E-state index in [0.29, 0.717) is 40.3 Å². The molecule has 0 saturated carbocycles. The molecule has 0 unspecified atom stereocenters. The molecule has 4 rings (SSSR count). The number of hydrogen-bond donors (Lipinski definition) is 3. The molecule has 4 aromatic rings. The number of carbonyl (C=O) groups is 1. The second-order valence-electron chi connectivity index (χ2n) is 7.49. The Bertz CT molecular complexity index is 1350. The lowest BCUT2D eigenvalue weighted by molar-refractivity contribution is -0.141. The van der Waals surface area contributed by atoms with Gasteiger partial charge in [0.1, 0.15) is 11.2 Å². The summed E-state index contributed by atoms with van der Waals surface area (Å²) in [6, 6.07) is 7.70. The van der Waals surface area contributed by atoms with Gasteiger partial charge in [0.05, 0.1) is 11.7 Å². The summed E-state index contributed by atoms with van der Waals surface area (Å²) in [5, 5.41) is 18.4. The zero-order valence-corrected chi connectivity index (χ0v) is 17.7. The Morgan fingerprint density at radius 1 is 1.12 bits per heavy atom. The average Bonchev–Trinajstić information content (AvgIpc) is 3.23. The number of pyridine rings is 1. The molecule has 0 aliphatic heterocycles. The molecule has 0 aliphatic rings. The van der Waals surface area contributed by atoms with Crippen molar-refractivity contribution < 1.29 is 23.1 Å². The first-order valence-corrected chi connectivity index (χ1v) is 9.95. The molecule has 0 radical (unpaired) electrons. The number of carbonyl (C=O) groups excluding carboxylic acids is 1. The monoisotopic (exact) mass is 456 g/mol. The Labute approximate surface area is 185 Å². The largest absolute Gasteiger partial charge is 0.433 e. The van der Waals surface area contributed by atoms with Crippen LogP contribution >= 0.6 is 0 Å². The summed E-state index contributed by atoms with van der Waals surface area (Å²) >= 11 is 0. The number of H-pyrrole nitrogens is 1. The molecular formula is C22H19F3N6O2. The van der Waals surface area contributed by atoms with Crippen LogP contribution in [0.3, 0.4) is 0 Å². The van der Waals surface area contributed by atoms with E-state index in [2.05, 4.69) is 30.5 Å². The molecule has 8 nitrogen and oxygen atoms in total. The van der Waals surface area contributed by atoms with E-state index in [4.69, 9.17) is 5.11 Å². The first kappa shape index (κ1) is 22.3. The number of hydrogen-bond acceptors (Lipinski definition) is 6. The molecule has 0 fully saturated rings. The number of amides is 1. The molecule has 0 atom stereocenters. The number of alkyl halides is 3. The van der Waals surface area contributed by atoms with Gasteiger partial charge in [0.25, 0.3) is 5.91 Å². The molecular weight excluding hydrogens is 437 g/mol. The van der Waals surface area contributed by atoms with Gasteiger partial charge in [0.15, 0.2) is 11.5 Å². The standard InChI is InChI=1S/C22H19F3N6O2/c1-11-7-13(3-4-15(11)28-21(33)16-9-14(5-6-32)30-31-16)20-26-10-17-19(29-20)12(2)8-18(27-17)22(23,24)25/h3-4,7-10,32H,5-6H2,1-2H3,(H,28,33)(H,30,31). The van der Waals surface area contributed by atoms with Gasteiger partial charge in [-0.2, -0.15) is 18.3 Å². The number of anilines is 1. The molecule has 1 aromatic carbocycles. The lowest BCUT2D eigenvalue weighted by Crippen LogP contribution is -2.13. The minimum Gasteiger partial charge on any atom is -0.396 e. The van der Waals surface area contributed by atoms with E-state index >= 15 is 0 Å². The van der Waals surface area contributed by atoms with E-state index in [-0.39, 0.29) is 17.8 Å². The van der Waals surface area contributed by atoms with Crippen LogP contribution in [0, 0.1) is 13.8 Å². The molecule has 3 heterocycles. The van der Waals surface area contributed by atoms with Gasteiger partial charge in [0, 0.05) is 30.0 Å². The predicted octanol–water partition coefficient (Wildman–Crippen LogP) is 3.84. The first-order valence-electron chi connectivity index (χ1n) is 9.95. The number of fused-ring (bicyclic) bond motifs is 1. The summed E-state index contributed by atoms with van der Waals surface area (Å²) in [5.74, 6) is -0.0792. The summed E-state index contributed by atoms with van der Waals surface area (Å²) < 4.78 is 39.0. The fourth-order valence-electron chi connectivity index (χ4n) is 3.32. The van der Waals surface area contributed by atoms with Crippen LogP contribution in [-0.4, -0.2) is 42.8 Å². The molecule has 11 heteroatoms. The number of nitrogens with zero attached hydrogens (tertiary/aromatic N) is 4. The number of aliphatic hydroxyl groups is 1. The van der Waals surface area contributed by atoms with Gasteiger partial charge in [-0.15, -0.1) is 0 Å². The number of rotatable bonds is 5. The molecule has 0 aliphatic carbocycles. The summed E-state index contributed by atoms with van der Waals surface area (Å²) in [5.41, 5.74) is 2.53. The highest BCUT2D eigenvalue weighted by molar-refractivity contribution is 6.03. The van der Waals surface area contributed by atoms with Crippen LogP contribution in [0.5, 0.6) is 0 Å². The predicted molar refractivity (Wildman–Crippen MR) is 115 cm³/mol. The Morgan fingerprint density at radius 2 is 1.91 bits per heavy atom. The number of aromatic nitrogens is 5. The van der Waals surface area contributed by atoms with Crippen LogP contribution in [0.25, 0.3) is 22.4 Å². The summed E-state index contributed by atoms with van der Waals surface area (Å²) in [6.45, 7) is 3.28. The van der Waals surface area contributed by atoms with Gasteiger partial charge >= 0.3 is 6.18 Å². The van der Waals surface area contributed by atoms with Crippen molar-refractivity contribution in [3.63, 3.8) is 0 Å². The number of aryl methyl sites for hydroxylation is 2. The van der Waals surface area contributed by atoms with E-state index < -0.39 is 17.8 Å². The van der Waals surface area contributed by atoms with Gasteiger partial charge in [0.2, 0.25) is 0 Å². The quantitative estimate of drug-likeness (QED) is 0.420. The van der Waals surface area contributed by atoms with Crippen molar-refractivity contribution in [2.24, 2.45) is 0 Å². The van der Waals surface area contributed by atoms with Gasteiger partial charge in [-0.25, -0.2) is 15.0 Å². The lowest BCUT2D eigenvalue weighted by Gasteiger charge is -2.11. The third-order valence-electron chi connectivity index (χ3n) is 5.01. The van der Waals surface area contributed by atoms with Crippen LogP contribution in [-0.2, 0) is 12.6 Å². The van der Waals surface area contributed by atoms with Crippen molar-refractivity contribution in [3.8, 4) is 11.4 Å². The molecule has 3 N–H and O–H groups in total. The smallest absolute Gasteiger partial charge is 0.396 e. The summed E-state index contributed by atoms with van der Waals surface area (Å²) in [7, 11) is 0. The zero-order valence-electron chi connectivity index (χ0n) is 17.7. The van der Waals surface area contributed by atoms with E-state index in [0.717, 1.165) is 11.6 Å². The molecule has 3 aromatic heterocycles. The molecule has 0 spiro atoms. The summed E-state index contributed by atoms with van der Waals surface area (Å²) in [4.78, 5) is 24.7. The number of aromatic amines is 1. The van der Waals surface area contributed by atoms with Crippen LogP contribution in [0.4, 0.5) is 18.9 Å². The Balaban J connectivity index is 1.59. The molecule has 33 heavy (non-hydrogen) atoms. The van der Waals surface area contributed by atoms with Crippen molar-refractivity contribution >= 4 is 22.6 Å². The van der Waals surface area contributed by atoms with Crippen LogP contribution in [0.1, 0.15) is 33.0 Å². The van der Waals surface area contributed by atoms with E-state index in [1.165, 1.54) is 6.20 Å². The molecule has 170 valence electrons. The van der Waals surface area contributed by atoms with E-state index in [1.807, 2.05) is 0 Å². The number of halogens is 3. The molecule has 1 amide bonds. The maximum atomic E-state index is 13.0. The fraction of sp³-hybridized carbons (Fsp3) is 0.227. The minimum absolute atomic E-state index is 0.0558. The van der Waals surface area contributed by atoms with Gasteiger partial charge in [-0.1, -0.05) is 0 Å². The second kappa shape index (κ2) is 8.58. The number of aliphatic hydroxyl groups excluding tert-OH is 1. The van der Waals surface area contributed by atoms with Crippen molar-refractivity contribution in [3.05, 3.63) is 64.7 Å². The maximum absolute atomic E-state index is 13.0. The number of benzene rings is 1. The van der Waals surface area contributed by atoms with Crippen molar-refractivity contribution in [1.29, 1.82) is 0 Å². The van der Waals surface area contributed by atoms with Crippen LogP contribution in [0.2, 0.25) is 0 Å². The highest BCUT2D eigenvalue weighted by Gasteiger charge is 2.33. The number of nitrogens with one attached hydrogen (secondary N) is 2. The third-order valence-corrected chi connectivity index (χ3v) is 5.01. The highest BCUT2D eigenvalue weighted by atomic mass is 19.4. The zero-order chi connectivity index (χ0) is 23.8. The van der Waals surface area contributed by atoms with Crippen LogP contribution < -0.4 is 5.32 Å². The van der Waals surface area contributed by atoms with E-state index in [1.54, 1.807) is 38.1 Å². The second-order valence-corrected chi connectivity index (χ2v) is 7.49. The van der Waals surface area contributed by atoms with Crippen molar-refractivity contribution in [2.75, 3.05) is 11.9 Å². The Kier molecular flexibility index (Phi) is 5.81. The van der Waals surface area contributed by atoms with E-state index in [9.17, 15) is 18.0 Å². The third kappa shape index (κ3) is 4.67. The van der Waals surface area contributed by atoms with Crippen LogP contribution in [0.15, 0.2) is 36.5 Å². The average molecular weight is 456 g/mol. The Morgan fingerprint density at radius 3 is 2.61 bits per heavy atom. The van der Waals surface area contributed by atoms with Crippen molar-refractivity contribution in [2.45, 2.75) is 26.4 Å². The first-order chi connectivity index (χ1) is 15.7. The maximum Gasteiger partial charge on any atom is 0.433 e.